The Kier molecular flexibility index (Phi) is 4.86. The molecule has 4 amide bonds. The number of carbonyl (C=O) groups is 3. The van der Waals surface area contributed by atoms with Crippen molar-refractivity contribution in [2.24, 2.45) is 0 Å². The summed E-state index contributed by atoms with van der Waals surface area (Å²) >= 11 is 0. The summed E-state index contributed by atoms with van der Waals surface area (Å²) in [6, 6.07) is 8.47. The van der Waals surface area contributed by atoms with E-state index in [-0.39, 0.29) is 11.6 Å². The van der Waals surface area contributed by atoms with Gasteiger partial charge in [-0.1, -0.05) is 18.2 Å². The van der Waals surface area contributed by atoms with Crippen molar-refractivity contribution in [3.8, 4) is 0 Å². The summed E-state index contributed by atoms with van der Waals surface area (Å²) in [4.78, 5) is 40.0. The lowest BCUT2D eigenvalue weighted by Gasteiger charge is -2.37. The van der Waals surface area contributed by atoms with Crippen LogP contribution in [-0.2, 0) is 9.59 Å². The van der Waals surface area contributed by atoms with Gasteiger partial charge in [-0.3, -0.25) is 14.5 Å². The van der Waals surface area contributed by atoms with E-state index >= 15 is 0 Å². The molecule has 0 bridgehead atoms. The van der Waals surface area contributed by atoms with E-state index in [2.05, 4.69) is 4.90 Å². The van der Waals surface area contributed by atoms with E-state index in [9.17, 15) is 27.6 Å². The quantitative estimate of drug-likeness (QED) is 0.587. The van der Waals surface area contributed by atoms with Crippen molar-refractivity contribution in [2.45, 2.75) is 6.18 Å². The van der Waals surface area contributed by atoms with Gasteiger partial charge in [0.2, 0.25) is 0 Å². The number of para-hydroxylation sites is 1. The highest BCUT2D eigenvalue weighted by molar-refractivity contribution is 6.44. The number of piperazine rings is 1. The maximum atomic E-state index is 12.5. The molecular formula is C16H17F3N4O3. The first kappa shape index (κ1) is 18.2. The number of anilines is 1. The Morgan fingerprint density at radius 2 is 1.42 bits per heavy atom. The van der Waals surface area contributed by atoms with Gasteiger partial charge < -0.3 is 4.90 Å². The maximum Gasteiger partial charge on any atom is 0.406 e. The smallest absolute Gasteiger partial charge is 0.369 e. The molecule has 0 saturated carbocycles. The zero-order chi connectivity index (χ0) is 18.9. The first-order valence-electron chi connectivity index (χ1n) is 8.03. The van der Waals surface area contributed by atoms with Gasteiger partial charge >= 0.3 is 24.0 Å². The number of imide groups is 2. The molecule has 0 atom stereocenters. The number of hydrogen-bond donors (Lipinski definition) is 0. The molecule has 7 nitrogen and oxygen atoms in total. The zero-order valence-electron chi connectivity index (χ0n) is 13.8. The van der Waals surface area contributed by atoms with Crippen molar-refractivity contribution < 1.29 is 27.6 Å². The molecule has 1 aromatic rings. The molecule has 0 aromatic heterocycles. The minimum Gasteiger partial charge on any atom is -0.369 e. The maximum absolute atomic E-state index is 12.5. The highest BCUT2D eigenvalue weighted by Crippen LogP contribution is 2.22. The number of carbonyl (C=O) groups excluding carboxylic acids is 3. The zero-order valence-corrected chi connectivity index (χ0v) is 13.8. The van der Waals surface area contributed by atoms with Crippen LogP contribution in [0, 0.1) is 0 Å². The fourth-order valence-electron chi connectivity index (χ4n) is 2.98. The van der Waals surface area contributed by atoms with Gasteiger partial charge in [-0.05, 0) is 12.1 Å². The number of nitrogens with zero attached hydrogens (tertiary/aromatic N) is 4. The number of urea groups is 1. The summed E-state index contributed by atoms with van der Waals surface area (Å²) in [6.45, 7) is 0.356. The molecule has 2 aliphatic rings. The molecule has 1 aromatic carbocycles. The van der Waals surface area contributed by atoms with Crippen molar-refractivity contribution in [3.63, 3.8) is 0 Å². The number of alkyl halides is 3. The van der Waals surface area contributed by atoms with Crippen LogP contribution in [0.3, 0.4) is 0 Å². The summed E-state index contributed by atoms with van der Waals surface area (Å²) in [6.07, 6.45) is -4.75. The highest BCUT2D eigenvalue weighted by Gasteiger charge is 2.49. The van der Waals surface area contributed by atoms with Crippen LogP contribution in [0.2, 0.25) is 0 Å². The monoisotopic (exact) mass is 370 g/mol. The van der Waals surface area contributed by atoms with Crippen LogP contribution in [0.25, 0.3) is 0 Å². The molecule has 0 aliphatic carbocycles. The predicted octanol–water partition coefficient (Wildman–Crippen LogP) is 1.12. The van der Waals surface area contributed by atoms with Crippen LogP contribution in [0.5, 0.6) is 0 Å². The summed E-state index contributed by atoms with van der Waals surface area (Å²) in [5.41, 5.74) is 1.05. The van der Waals surface area contributed by atoms with Crippen molar-refractivity contribution in [2.75, 3.05) is 44.3 Å². The van der Waals surface area contributed by atoms with Gasteiger partial charge in [0.1, 0.15) is 6.54 Å². The van der Waals surface area contributed by atoms with Crippen LogP contribution in [0.1, 0.15) is 0 Å². The van der Waals surface area contributed by atoms with E-state index < -0.39 is 30.6 Å². The summed E-state index contributed by atoms with van der Waals surface area (Å²) in [7, 11) is 0. The standard InChI is InChI=1S/C16H17F3N4O3/c17-16(18,19)10-22-13(24)14(25)23(15(22)26)11-20-6-8-21(9-7-20)12-4-2-1-3-5-12/h1-5H,6-11H2. The molecule has 0 N–H and O–H groups in total. The lowest BCUT2D eigenvalue weighted by Crippen LogP contribution is -2.51. The molecule has 140 valence electrons. The third kappa shape index (κ3) is 3.79. The molecule has 3 rings (SSSR count). The summed E-state index contributed by atoms with van der Waals surface area (Å²) < 4.78 is 37.4. The van der Waals surface area contributed by atoms with Crippen molar-refractivity contribution in [1.29, 1.82) is 0 Å². The third-order valence-electron chi connectivity index (χ3n) is 4.31. The van der Waals surface area contributed by atoms with E-state index in [4.69, 9.17) is 0 Å². The number of amides is 4. The van der Waals surface area contributed by atoms with Gasteiger partial charge in [0.05, 0.1) is 6.67 Å². The van der Waals surface area contributed by atoms with E-state index in [1.54, 1.807) is 4.90 Å². The van der Waals surface area contributed by atoms with Crippen LogP contribution in [0.15, 0.2) is 30.3 Å². The Morgan fingerprint density at radius 1 is 0.846 bits per heavy atom. The molecule has 0 unspecified atom stereocenters. The second kappa shape index (κ2) is 6.94. The lowest BCUT2D eigenvalue weighted by molar-refractivity contribution is -0.156. The molecule has 10 heteroatoms. The van der Waals surface area contributed by atoms with E-state index in [0.717, 1.165) is 5.69 Å². The molecule has 2 aliphatic heterocycles. The van der Waals surface area contributed by atoms with Crippen molar-refractivity contribution in [1.82, 2.24) is 14.7 Å². The normalized spacial score (nSPS) is 19.7. The Hall–Kier alpha value is -2.62. The molecule has 2 heterocycles. The van der Waals surface area contributed by atoms with Gasteiger partial charge in [0.15, 0.2) is 0 Å². The summed E-state index contributed by atoms with van der Waals surface area (Å²) in [5.74, 6) is -2.65. The number of halogens is 3. The highest BCUT2D eigenvalue weighted by atomic mass is 19.4. The van der Waals surface area contributed by atoms with Gasteiger partial charge in [-0.2, -0.15) is 13.2 Å². The lowest BCUT2D eigenvalue weighted by atomic mass is 10.2. The largest absolute Gasteiger partial charge is 0.406 e. The first-order valence-corrected chi connectivity index (χ1v) is 8.03. The van der Waals surface area contributed by atoms with Crippen molar-refractivity contribution in [3.05, 3.63) is 30.3 Å². The van der Waals surface area contributed by atoms with Crippen LogP contribution in [0.4, 0.5) is 23.7 Å². The number of hydrogen-bond acceptors (Lipinski definition) is 5. The topological polar surface area (TPSA) is 64.2 Å². The van der Waals surface area contributed by atoms with Crippen LogP contribution >= 0.6 is 0 Å². The van der Waals surface area contributed by atoms with Crippen LogP contribution in [-0.4, -0.2) is 78.1 Å². The number of benzene rings is 1. The minimum absolute atomic E-state index is 0.0530. The Labute approximate surface area is 147 Å². The fraction of sp³-hybridized carbons (Fsp3) is 0.438. The molecular weight excluding hydrogens is 353 g/mol. The number of rotatable bonds is 4. The first-order chi connectivity index (χ1) is 12.3. The van der Waals surface area contributed by atoms with Crippen LogP contribution < -0.4 is 4.90 Å². The second-order valence-corrected chi connectivity index (χ2v) is 6.10. The van der Waals surface area contributed by atoms with E-state index in [1.807, 2.05) is 30.3 Å². The Bertz CT molecular complexity index is 702. The van der Waals surface area contributed by atoms with Crippen molar-refractivity contribution >= 4 is 23.5 Å². The van der Waals surface area contributed by atoms with Gasteiger partial charge in [-0.25, -0.2) is 14.6 Å². The third-order valence-corrected chi connectivity index (χ3v) is 4.31. The second-order valence-electron chi connectivity index (χ2n) is 6.10. The molecule has 2 saturated heterocycles. The van der Waals surface area contributed by atoms with Gasteiger partial charge in [0, 0.05) is 31.9 Å². The molecule has 2 fully saturated rings. The average molecular weight is 370 g/mol. The Morgan fingerprint density at radius 3 is 2.00 bits per heavy atom. The SMILES string of the molecule is O=C1C(=O)N(CC(F)(F)F)C(=O)N1CN1CCN(c2ccccc2)CC1. The van der Waals surface area contributed by atoms with E-state index in [0.29, 0.717) is 31.1 Å². The molecule has 0 radical (unpaired) electrons. The minimum atomic E-state index is -4.75. The predicted molar refractivity (Wildman–Crippen MR) is 85.1 cm³/mol. The van der Waals surface area contributed by atoms with Gasteiger partial charge in [-0.15, -0.1) is 0 Å². The van der Waals surface area contributed by atoms with E-state index in [1.165, 1.54) is 0 Å². The molecule has 26 heavy (non-hydrogen) atoms. The average Bonchev–Trinajstić information content (AvgIpc) is 2.80. The molecule has 0 spiro atoms. The summed E-state index contributed by atoms with van der Waals surface area (Å²) in [5, 5.41) is 0. The van der Waals surface area contributed by atoms with Gasteiger partial charge in [0.25, 0.3) is 0 Å². The fourth-order valence-corrected chi connectivity index (χ4v) is 2.98. The Balaban J connectivity index is 1.59.